The number of ether oxygens (including phenoxy) is 2. The van der Waals surface area contributed by atoms with E-state index in [0.717, 1.165) is 18.7 Å². The number of likely N-dealkylation sites (N-methyl/N-ethyl adjacent to an activating group) is 1. The van der Waals surface area contributed by atoms with E-state index in [-0.39, 0.29) is 5.60 Å². The molecule has 0 aromatic rings. The minimum atomic E-state index is 0.103. The van der Waals surface area contributed by atoms with Crippen molar-refractivity contribution in [2.75, 3.05) is 20.4 Å². The summed E-state index contributed by atoms with van der Waals surface area (Å²) in [5, 5.41) is 0. The predicted molar refractivity (Wildman–Crippen MR) is 43.8 cm³/mol. The zero-order valence-electron chi connectivity index (χ0n) is 7.45. The lowest BCUT2D eigenvalue weighted by Gasteiger charge is -2.28. The SMILES string of the molecule is CN1C2CCC3(COCO3)CC21. The maximum absolute atomic E-state index is 5.68. The lowest BCUT2D eigenvalue weighted by Crippen LogP contribution is -2.37. The third-order valence-corrected chi connectivity index (χ3v) is 3.69. The minimum Gasteiger partial charge on any atom is -0.352 e. The molecule has 4 unspecified atom stereocenters. The van der Waals surface area contributed by atoms with Crippen molar-refractivity contribution in [1.29, 1.82) is 0 Å². The Kier molecular flexibility index (Phi) is 1.35. The summed E-state index contributed by atoms with van der Waals surface area (Å²) in [4.78, 5) is 2.45. The van der Waals surface area contributed by atoms with E-state index in [0.29, 0.717) is 6.79 Å². The second-order valence-electron chi connectivity index (χ2n) is 4.34. The Balaban J connectivity index is 1.74. The van der Waals surface area contributed by atoms with Crippen LogP contribution < -0.4 is 0 Å². The lowest BCUT2D eigenvalue weighted by molar-refractivity contribution is -0.0249. The van der Waals surface area contributed by atoms with Crippen LogP contribution in [0.15, 0.2) is 0 Å². The summed E-state index contributed by atoms with van der Waals surface area (Å²) in [6, 6.07) is 1.65. The van der Waals surface area contributed by atoms with Crippen molar-refractivity contribution in [2.45, 2.75) is 36.9 Å². The van der Waals surface area contributed by atoms with Gasteiger partial charge in [-0.1, -0.05) is 0 Å². The van der Waals surface area contributed by atoms with Gasteiger partial charge in [0.25, 0.3) is 0 Å². The molecule has 1 saturated carbocycles. The van der Waals surface area contributed by atoms with E-state index in [4.69, 9.17) is 9.47 Å². The largest absolute Gasteiger partial charge is 0.352 e. The van der Waals surface area contributed by atoms with Gasteiger partial charge in [-0.05, 0) is 26.3 Å². The van der Waals surface area contributed by atoms with Crippen molar-refractivity contribution in [3.63, 3.8) is 0 Å². The first kappa shape index (κ1) is 7.30. The highest BCUT2D eigenvalue weighted by atomic mass is 16.7. The number of nitrogens with zero attached hydrogens (tertiary/aromatic N) is 1. The molecule has 4 atom stereocenters. The number of fused-ring (bicyclic) bond motifs is 1. The average molecular weight is 169 g/mol. The van der Waals surface area contributed by atoms with Crippen LogP contribution in [0.4, 0.5) is 0 Å². The van der Waals surface area contributed by atoms with E-state index in [1.54, 1.807) is 0 Å². The summed E-state index contributed by atoms with van der Waals surface area (Å²) in [5.41, 5.74) is 0.103. The van der Waals surface area contributed by atoms with Crippen LogP contribution in [0.1, 0.15) is 19.3 Å². The lowest BCUT2D eigenvalue weighted by atomic mass is 9.86. The van der Waals surface area contributed by atoms with Crippen LogP contribution in [0.5, 0.6) is 0 Å². The third-order valence-electron chi connectivity index (χ3n) is 3.69. The Morgan fingerprint density at radius 2 is 2.33 bits per heavy atom. The van der Waals surface area contributed by atoms with Crippen molar-refractivity contribution >= 4 is 0 Å². The van der Waals surface area contributed by atoms with Crippen molar-refractivity contribution in [2.24, 2.45) is 0 Å². The van der Waals surface area contributed by atoms with E-state index < -0.39 is 0 Å². The predicted octanol–water partition coefficient (Wildman–Crippen LogP) is 0.596. The summed E-state index contributed by atoms with van der Waals surface area (Å²) in [5.74, 6) is 0. The molecule has 3 rings (SSSR count). The van der Waals surface area contributed by atoms with Gasteiger partial charge in [-0.3, -0.25) is 4.90 Å². The fourth-order valence-electron chi connectivity index (χ4n) is 2.74. The molecule has 3 nitrogen and oxygen atoms in total. The number of hydrogen-bond donors (Lipinski definition) is 0. The number of likely N-dealkylation sites (tertiary alicyclic amines) is 1. The molecule has 0 radical (unpaired) electrons. The highest BCUT2D eigenvalue weighted by Gasteiger charge is 2.55. The first-order valence-corrected chi connectivity index (χ1v) is 4.74. The van der Waals surface area contributed by atoms with E-state index in [1.165, 1.54) is 19.3 Å². The van der Waals surface area contributed by atoms with E-state index in [9.17, 15) is 0 Å². The van der Waals surface area contributed by atoms with Gasteiger partial charge in [-0.25, -0.2) is 0 Å². The molecule has 0 aromatic carbocycles. The fraction of sp³-hybridized carbons (Fsp3) is 1.00. The second kappa shape index (κ2) is 2.22. The topological polar surface area (TPSA) is 21.5 Å². The molecular weight excluding hydrogens is 154 g/mol. The van der Waals surface area contributed by atoms with Crippen molar-refractivity contribution in [1.82, 2.24) is 4.90 Å². The Labute approximate surface area is 72.6 Å². The molecule has 3 heteroatoms. The van der Waals surface area contributed by atoms with Crippen LogP contribution in [0, 0.1) is 0 Å². The monoisotopic (exact) mass is 169 g/mol. The summed E-state index contributed by atoms with van der Waals surface area (Å²) in [6.45, 7) is 1.34. The van der Waals surface area contributed by atoms with Crippen molar-refractivity contribution in [3.8, 4) is 0 Å². The summed E-state index contributed by atoms with van der Waals surface area (Å²) in [6.07, 6.45) is 3.68. The van der Waals surface area contributed by atoms with Gasteiger partial charge in [0, 0.05) is 12.1 Å². The average Bonchev–Trinajstić information content (AvgIpc) is 2.53. The van der Waals surface area contributed by atoms with Gasteiger partial charge in [0.15, 0.2) is 0 Å². The Hall–Kier alpha value is -0.120. The van der Waals surface area contributed by atoms with Crippen LogP contribution in [0.2, 0.25) is 0 Å². The summed E-state index contributed by atoms with van der Waals surface area (Å²) >= 11 is 0. The Morgan fingerprint density at radius 3 is 3.00 bits per heavy atom. The normalized spacial score (nSPS) is 57.2. The van der Waals surface area contributed by atoms with E-state index in [2.05, 4.69) is 11.9 Å². The molecule has 3 aliphatic rings. The van der Waals surface area contributed by atoms with Gasteiger partial charge in [-0.15, -0.1) is 0 Å². The Bertz CT molecular complexity index is 201. The van der Waals surface area contributed by atoms with Crippen molar-refractivity contribution in [3.05, 3.63) is 0 Å². The minimum absolute atomic E-state index is 0.103. The Morgan fingerprint density at radius 1 is 1.42 bits per heavy atom. The number of rotatable bonds is 0. The zero-order chi connectivity index (χ0) is 8.18. The van der Waals surface area contributed by atoms with Crippen LogP contribution in [-0.4, -0.2) is 43.0 Å². The quantitative estimate of drug-likeness (QED) is 0.495. The maximum Gasteiger partial charge on any atom is 0.147 e. The third kappa shape index (κ3) is 0.873. The van der Waals surface area contributed by atoms with Gasteiger partial charge in [0.2, 0.25) is 0 Å². The van der Waals surface area contributed by atoms with Gasteiger partial charge < -0.3 is 9.47 Å². The van der Waals surface area contributed by atoms with Gasteiger partial charge >= 0.3 is 0 Å². The first-order chi connectivity index (χ1) is 5.81. The van der Waals surface area contributed by atoms with E-state index >= 15 is 0 Å². The van der Waals surface area contributed by atoms with Crippen LogP contribution in [0.3, 0.4) is 0 Å². The van der Waals surface area contributed by atoms with Gasteiger partial charge in [0.1, 0.15) is 6.79 Å². The van der Waals surface area contributed by atoms with Gasteiger partial charge in [-0.2, -0.15) is 0 Å². The molecule has 68 valence electrons. The molecule has 3 fully saturated rings. The molecule has 2 heterocycles. The van der Waals surface area contributed by atoms with Gasteiger partial charge in [0.05, 0.1) is 12.2 Å². The molecule has 1 aliphatic carbocycles. The van der Waals surface area contributed by atoms with Crippen LogP contribution >= 0.6 is 0 Å². The van der Waals surface area contributed by atoms with E-state index in [1.807, 2.05) is 0 Å². The number of hydrogen-bond acceptors (Lipinski definition) is 3. The van der Waals surface area contributed by atoms with Crippen molar-refractivity contribution < 1.29 is 9.47 Å². The second-order valence-corrected chi connectivity index (χ2v) is 4.34. The molecule has 0 aromatic heterocycles. The first-order valence-electron chi connectivity index (χ1n) is 4.74. The standard InChI is InChI=1S/C9H15NO2/c1-10-7-2-3-9(4-8(7)10)5-11-6-12-9/h7-8H,2-6H2,1H3. The summed E-state index contributed by atoms with van der Waals surface area (Å²) < 4.78 is 11.0. The molecule has 0 N–H and O–H groups in total. The smallest absolute Gasteiger partial charge is 0.147 e. The summed E-state index contributed by atoms with van der Waals surface area (Å²) in [7, 11) is 2.21. The molecule has 0 amide bonds. The highest BCUT2D eigenvalue weighted by molar-refractivity contribution is 5.09. The fourth-order valence-corrected chi connectivity index (χ4v) is 2.74. The molecule has 12 heavy (non-hydrogen) atoms. The zero-order valence-corrected chi connectivity index (χ0v) is 7.45. The molecule has 2 saturated heterocycles. The highest BCUT2D eigenvalue weighted by Crippen LogP contribution is 2.46. The molecule has 0 bridgehead atoms. The van der Waals surface area contributed by atoms with Crippen LogP contribution in [0.25, 0.3) is 0 Å². The molecular formula is C9H15NO2. The maximum atomic E-state index is 5.68. The molecule has 1 spiro atoms. The van der Waals surface area contributed by atoms with Crippen LogP contribution in [-0.2, 0) is 9.47 Å². The molecule has 2 aliphatic heterocycles.